The highest BCUT2D eigenvalue weighted by Crippen LogP contribution is 2.11. The van der Waals surface area contributed by atoms with Crippen LogP contribution >= 0.6 is 12.6 Å². The quantitative estimate of drug-likeness (QED) is 0.788. The number of nitrogens with one attached hydrogen (secondary N) is 1. The first-order chi connectivity index (χ1) is 7.96. The first-order valence-electron chi connectivity index (χ1n) is 4.97. The predicted molar refractivity (Wildman–Crippen MR) is 67.9 cm³/mol. The lowest BCUT2D eigenvalue weighted by Crippen LogP contribution is -2.35. The van der Waals surface area contributed by atoms with Crippen molar-refractivity contribution in [2.24, 2.45) is 0 Å². The molecule has 0 bridgehead atoms. The van der Waals surface area contributed by atoms with Gasteiger partial charge in [-0.1, -0.05) is 6.07 Å². The Hall–Kier alpha value is -1.27. The van der Waals surface area contributed by atoms with Gasteiger partial charge in [0.2, 0.25) is 0 Å². The van der Waals surface area contributed by atoms with Crippen LogP contribution in [0.1, 0.15) is 10.4 Å². The Kier molecular flexibility index (Phi) is 3.26. The Morgan fingerprint density at radius 1 is 1.41 bits per heavy atom. The van der Waals surface area contributed by atoms with Crippen molar-refractivity contribution >= 4 is 28.4 Å². The van der Waals surface area contributed by atoms with Crippen LogP contribution < -0.4 is 5.32 Å². The van der Waals surface area contributed by atoms with E-state index in [1.165, 1.54) is 6.08 Å². The molecule has 6 heteroatoms. The fourth-order valence-corrected chi connectivity index (χ4v) is 3.02. The second-order valence-corrected chi connectivity index (χ2v) is 6.24. The van der Waals surface area contributed by atoms with E-state index in [-0.39, 0.29) is 11.7 Å². The monoisotopic (exact) mass is 269 g/mol. The highest BCUT2D eigenvalue weighted by atomic mass is 32.2. The molecule has 0 radical (unpaired) electrons. The van der Waals surface area contributed by atoms with E-state index in [1.807, 2.05) is 0 Å². The molecule has 1 atom stereocenters. The van der Waals surface area contributed by atoms with Gasteiger partial charge in [-0.2, -0.15) is 0 Å². The third kappa shape index (κ3) is 3.10. The molecule has 1 amide bonds. The molecule has 2 rings (SSSR count). The number of hydrogen-bond donors (Lipinski definition) is 2. The number of carbonyl (C=O) groups is 1. The number of sulfone groups is 1. The number of hydrogen-bond acceptors (Lipinski definition) is 4. The van der Waals surface area contributed by atoms with Crippen molar-refractivity contribution in [3.63, 3.8) is 0 Å². The Balaban J connectivity index is 2.06. The lowest BCUT2D eigenvalue weighted by Gasteiger charge is -2.10. The molecule has 1 N–H and O–H groups in total. The van der Waals surface area contributed by atoms with Crippen LogP contribution in [0.5, 0.6) is 0 Å². The number of rotatable bonds is 2. The lowest BCUT2D eigenvalue weighted by molar-refractivity contribution is 0.0947. The van der Waals surface area contributed by atoms with E-state index < -0.39 is 15.9 Å². The highest BCUT2D eigenvalue weighted by Gasteiger charge is 2.23. The lowest BCUT2D eigenvalue weighted by atomic mass is 10.2. The SMILES string of the molecule is O=C(NC1C=CS(=O)(=O)C1)c1cccc(S)c1. The minimum Gasteiger partial charge on any atom is -0.345 e. The van der Waals surface area contributed by atoms with Gasteiger partial charge in [-0.15, -0.1) is 12.6 Å². The van der Waals surface area contributed by atoms with Crippen LogP contribution in [0.3, 0.4) is 0 Å². The summed E-state index contributed by atoms with van der Waals surface area (Å²) in [4.78, 5) is 12.5. The van der Waals surface area contributed by atoms with Gasteiger partial charge in [-0.05, 0) is 24.3 Å². The van der Waals surface area contributed by atoms with Gasteiger partial charge in [0.1, 0.15) is 0 Å². The smallest absolute Gasteiger partial charge is 0.251 e. The van der Waals surface area contributed by atoms with E-state index in [1.54, 1.807) is 24.3 Å². The average molecular weight is 269 g/mol. The molecule has 1 aliphatic heterocycles. The van der Waals surface area contributed by atoms with E-state index in [4.69, 9.17) is 0 Å². The summed E-state index contributed by atoms with van der Waals surface area (Å²) in [5.41, 5.74) is 0.468. The fourth-order valence-electron chi connectivity index (χ4n) is 1.56. The van der Waals surface area contributed by atoms with Gasteiger partial charge >= 0.3 is 0 Å². The number of thiol groups is 1. The summed E-state index contributed by atoms with van der Waals surface area (Å²) in [6.45, 7) is 0. The third-order valence-corrected chi connectivity index (χ3v) is 4.03. The molecule has 0 saturated heterocycles. The first-order valence-corrected chi connectivity index (χ1v) is 7.13. The Labute approximate surface area is 105 Å². The molecule has 1 heterocycles. The number of benzene rings is 1. The highest BCUT2D eigenvalue weighted by molar-refractivity contribution is 7.94. The summed E-state index contributed by atoms with van der Waals surface area (Å²) >= 11 is 4.14. The minimum absolute atomic E-state index is 0.0701. The maximum absolute atomic E-state index is 11.8. The summed E-state index contributed by atoms with van der Waals surface area (Å²) < 4.78 is 22.3. The van der Waals surface area contributed by atoms with Crippen molar-refractivity contribution in [3.05, 3.63) is 41.3 Å². The Bertz CT molecular complexity index is 578. The molecule has 0 fully saturated rings. The number of amides is 1. The largest absolute Gasteiger partial charge is 0.345 e. The molecule has 1 aromatic carbocycles. The molecular formula is C11H11NO3S2. The molecular weight excluding hydrogens is 258 g/mol. The van der Waals surface area contributed by atoms with E-state index in [2.05, 4.69) is 17.9 Å². The van der Waals surface area contributed by atoms with Crippen molar-refractivity contribution in [1.82, 2.24) is 5.32 Å². The maximum Gasteiger partial charge on any atom is 0.251 e. The second kappa shape index (κ2) is 4.54. The topological polar surface area (TPSA) is 63.2 Å². The average Bonchev–Trinajstić information content (AvgIpc) is 2.58. The van der Waals surface area contributed by atoms with Gasteiger partial charge in [0, 0.05) is 15.9 Å². The maximum atomic E-state index is 11.8. The van der Waals surface area contributed by atoms with Gasteiger partial charge in [-0.25, -0.2) is 8.42 Å². The van der Waals surface area contributed by atoms with Crippen LogP contribution in [0.25, 0.3) is 0 Å². The normalized spacial score (nSPS) is 21.4. The zero-order valence-electron chi connectivity index (χ0n) is 8.83. The summed E-state index contributed by atoms with van der Waals surface area (Å²) in [6, 6.07) is 6.32. The summed E-state index contributed by atoms with van der Waals surface area (Å²) in [5.74, 6) is -0.369. The predicted octanol–water partition coefficient (Wildman–Crippen LogP) is 1.02. The van der Waals surface area contributed by atoms with Crippen molar-refractivity contribution in [2.75, 3.05) is 5.75 Å². The Morgan fingerprint density at radius 2 is 2.18 bits per heavy atom. The molecule has 0 spiro atoms. The first kappa shape index (κ1) is 12.2. The second-order valence-electron chi connectivity index (χ2n) is 3.79. The van der Waals surface area contributed by atoms with Crippen molar-refractivity contribution in [1.29, 1.82) is 0 Å². The molecule has 17 heavy (non-hydrogen) atoms. The zero-order valence-corrected chi connectivity index (χ0v) is 10.5. The zero-order chi connectivity index (χ0) is 12.5. The molecule has 4 nitrogen and oxygen atoms in total. The van der Waals surface area contributed by atoms with E-state index in [0.29, 0.717) is 10.5 Å². The van der Waals surface area contributed by atoms with Crippen LogP contribution in [-0.4, -0.2) is 26.1 Å². The molecule has 1 aromatic rings. The van der Waals surface area contributed by atoms with E-state index in [9.17, 15) is 13.2 Å². The van der Waals surface area contributed by atoms with Gasteiger partial charge < -0.3 is 5.32 Å². The van der Waals surface area contributed by atoms with Crippen LogP contribution in [0.2, 0.25) is 0 Å². The molecule has 0 aliphatic carbocycles. The number of carbonyl (C=O) groups excluding carboxylic acids is 1. The third-order valence-electron chi connectivity index (χ3n) is 2.35. The van der Waals surface area contributed by atoms with Gasteiger partial charge in [-0.3, -0.25) is 4.79 Å². The van der Waals surface area contributed by atoms with Crippen molar-refractivity contribution < 1.29 is 13.2 Å². The summed E-state index contributed by atoms with van der Waals surface area (Å²) in [7, 11) is -3.14. The van der Waals surface area contributed by atoms with Crippen LogP contribution in [-0.2, 0) is 9.84 Å². The van der Waals surface area contributed by atoms with Crippen LogP contribution in [0.15, 0.2) is 40.6 Å². The standard InChI is InChI=1S/C11H11NO3S2/c13-11(8-2-1-3-10(16)6-8)12-9-4-5-17(14,15)7-9/h1-6,9,16H,7H2,(H,12,13). The fraction of sp³-hybridized carbons (Fsp3) is 0.182. The van der Waals surface area contributed by atoms with E-state index in [0.717, 1.165) is 5.41 Å². The minimum atomic E-state index is -3.14. The van der Waals surface area contributed by atoms with Gasteiger partial charge in [0.05, 0.1) is 11.8 Å². The molecule has 90 valence electrons. The molecule has 0 aromatic heterocycles. The molecule has 1 aliphatic rings. The van der Waals surface area contributed by atoms with Crippen LogP contribution in [0, 0.1) is 0 Å². The molecule has 1 unspecified atom stereocenters. The van der Waals surface area contributed by atoms with Crippen LogP contribution in [0.4, 0.5) is 0 Å². The molecule has 0 saturated carbocycles. The Morgan fingerprint density at radius 3 is 2.76 bits per heavy atom. The van der Waals surface area contributed by atoms with Gasteiger partial charge in [0.25, 0.3) is 5.91 Å². The van der Waals surface area contributed by atoms with E-state index >= 15 is 0 Å². The van der Waals surface area contributed by atoms with Crippen molar-refractivity contribution in [2.45, 2.75) is 10.9 Å². The summed E-state index contributed by atoms with van der Waals surface area (Å²) in [6.07, 6.45) is 1.48. The van der Waals surface area contributed by atoms with Crippen molar-refractivity contribution in [3.8, 4) is 0 Å². The summed E-state index contributed by atoms with van der Waals surface area (Å²) in [5, 5.41) is 3.77. The van der Waals surface area contributed by atoms with Gasteiger partial charge in [0.15, 0.2) is 9.84 Å².